The summed E-state index contributed by atoms with van der Waals surface area (Å²) < 4.78 is 5.75. The first-order chi connectivity index (χ1) is 8.40. The lowest BCUT2D eigenvalue weighted by atomic mass is 10.1. The van der Waals surface area contributed by atoms with Crippen LogP contribution in [0.5, 0.6) is 0 Å². The summed E-state index contributed by atoms with van der Waals surface area (Å²) in [6, 6.07) is 4.27. The summed E-state index contributed by atoms with van der Waals surface area (Å²) in [7, 11) is 0. The van der Waals surface area contributed by atoms with Crippen LogP contribution in [0.4, 0.5) is 0 Å². The Morgan fingerprint density at radius 2 is 2.41 bits per heavy atom. The Balaban J connectivity index is 1.95. The summed E-state index contributed by atoms with van der Waals surface area (Å²) >= 11 is 0. The zero-order valence-corrected chi connectivity index (χ0v) is 10.6. The van der Waals surface area contributed by atoms with Gasteiger partial charge in [-0.05, 0) is 30.5 Å². The molecular weight excluding hydrogens is 212 g/mol. The molecule has 94 valence electrons. The van der Waals surface area contributed by atoms with E-state index >= 15 is 0 Å². The van der Waals surface area contributed by atoms with Gasteiger partial charge in [-0.25, -0.2) is 0 Å². The first-order valence-corrected chi connectivity index (χ1v) is 6.67. The normalized spacial score (nSPS) is 20.4. The molecule has 3 nitrogen and oxygen atoms in total. The van der Waals surface area contributed by atoms with E-state index < -0.39 is 0 Å². The Kier molecular flexibility index (Phi) is 4.95. The highest BCUT2D eigenvalue weighted by Crippen LogP contribution is 2.19. The molecule has 1 aromatic heterocycles. The molecule has 17 heavy (non-hydrogen) atoms. The van der Waals surface area contributed by atoms with Gasteiger partial charge in [0.15, 0.2) is 0 Å². The third-order valence-electron chi connectivity index (χ3n) is 3.18. The van der Waals surface area contributed by atoms with Gasteiger partial charge in [-0.2, -0.15) is 0 Å². The van der Waals surface area contributed by atoms with E-state index in [1.807, 2.05) is 6.20 Å². The number of hydrogen-bond acceptors (Lipinski definition) is 3. The Bertz CT molecular complexity index is 335. The van der Waals surface area contributed by atoms with Crippen molar-refractivity contribution < 1.29 is 4.74 Å². The lowest BCUT2D eigenvalue weighted by molar-refractivity contribution is 0.0276. The van der Waals surface area contributed by atoms with Gasteiger partial charge in [-0.1, -0.05) is 19.8 Å². The van der Waals surface area contributed by atoms with E-state index in [1.54, 1.807) is 0 Å². The van der Waals surface area contributed by atoms with E-state index in [1.165, 1.54) is 30.5 Å². The molecule has 1 aliphatic heterocycles. The number of rotatable bonds is 5. The summed E-state index contributed by atoms with van der Waals surface area (Å²) in [5.74, 6) is 0. The van der Waals surface area contributed by atoms with Crippen LogP contribution in [0.1, 0.15) is 43.5 Å². The number of morpholine rings is 1. The summed E-state index contributed by atoms with van der Waals surface area (Å²) in [4.78, 5) is 4.43. The Morgan fingerprint density at radius 1 is 1.47 bits per heavy atom. The number of nitrogens with one attached hydrogen (secondary N) is 1. The first kappa shape index (κ1) is 12.5. The van der Waals surface area contributed by atoms with Gasteiger partial charge in [-0.3, -0.25) is 4.98 Å². The molecule has 1 aliphatic rings. The molecule has 1 unspecified atom stereocenters. The number of pyridine rings is 1. The molecule has 0 radical (unpaired) electrons. The zero-order valence-electron chi connectivity index (χ0n) is 10.6. The lowest BCUT2D eigenvalue weighted by Gasteiger charge is -2.24. The van der Waals surface area contributed by atoms with Crippen LogP contribution in [0, 0.1) is 0 Å². The van der Waals surface area contributed by atoms with E-state index in [0.29, 0.717) is 0 Å². The molecule has 1 saturated heterocycles. The second-order valence-electron chi connectivity index (χ2n) is 4.60. The SMILES string of the molecule is CCCCCc1cc(C2CNCCO2)ccn1. The Morgan fingerprint density at radius 3 is 3.18 bits per heavy atom. The van der Waals surface area contributed by atoms with Crippen molar-refractivity contribution in [2.24, 2.45) is 0 Å². The minimum atomic E-state index is 0.205. The molecule has 0 bridgehead atoms. The minimum Gasteiger partial charge on any atom is -0.371 e. The topological polar surface area (TPSA) is 34.1 Å². The third kappa shape index (κ3) is 3.79. The number of aromatic nitrogens is 1. The van der Waals surface area contributed by atoms with E-state index in [-0.39, 0.29) is 6.10 Å². The predicted molar refractivity (Wildman–Crippen MR) is 69.0 cm³/mol. The minimum absolute atomic E-state index is 0.205. The van der Waals surface area contributed by atoms with Crippen molar-refractivity contribution in [3.8, 4) is 0 Å². The molecule has 3 heteroatoms. The number of nitrogens with zero attached hydrogens (tertiary/aromatic N) is 1. The second-order valence-corrected chi connectivity index (χ2v) is 4.60. The fourth-order valence-electron chi connectivity index (χ4n) is 2.17. The third-order valence-corrected chi connectivity index (χ3v) is 3.18. The van der Waals surface area contributed by atoms with Crippen LogP contribution in [0.2, 0.25) is 0 Å². The zero-order chi connectivity index (χ0) is 11.9. The lowest BCUT2D eigenvalue weighted by Crippen LogP contribution is -2.33. The molecule has 2 heterocycles. The number of unbranched alkanes of at least 4 members (excludes halogenated alkanes) is 2. The van der Waals surface area contributed by atoms with Crippen LogP contribution in [0.3, 0.4) is 0 Å². The van der Waals surface area contributed by atoms with E-state index in [4.69, 9.17) is 4.74 Å². The molecule has 0 aromatic carbocycles. The van der Waals surface area contributed by atoms with Crippen LogP contribution >= 0.6 is 0 Å². The highest BCUT2D eigenvalue weighted by molar-refractivity contribution is 5.20. The quantitative estimate of drug-likeness (QED) is 0.795. The van der Waals surface area contributed by atoms with E-state index in [9.17, 15) is 0 Å². The molecule has 1 N–H and O–H groups in total. The van der Waals surface area contributed by atoms with Gasteiger partial charge in [0, 0.05) is 25.0 Å². The van der Waals surface area contributed by atoms with Gasteiger partial charge < -0.3 is 10.1 Å². The van der Waals surface area contributed by atoms with Crippen molar-refractivity contribution >= 4 is 0 Å². The monoisotopic (exact) mass is 234 g/mol. The van der Waals surface area contributed by atoms with Crippen LogP contribution in [0.15, 0.2) is 18.3 Å². The number of aryl methyl sites for hydroxylation is 1. The Labute approximate surface area is 104 Å². The molecule has 1 fully saturated rings. The van der Waals surface area contributed by atoms with Gasteiger partial charge >= 0.3 is 0 Å². The van der Waals surface area contributed by atoms with Crippen LogP contribution in [-0.4, -0.2) is 24.7 Å². The average Bonchev–Trinajstić information content (AvgIpc) is 2.41. The smallest absolute Gasteiger partial charge is 0.0951 e. The van der Waals surface area contributed by atoms with Crippen LogP contribution in [-0.2, 0) is 11.2 Å². The molecule has 0 spiro atoms. The van der Waals surface area contributed by atoms with Crippen molar-refractivity contribution in [1.82, 2.24) is 10.3 Å². The first-order valence-electron chi connectivity index (χ1n) is 6.67. The average molecular weight is 234 g/mol. The molecule has 1 aromatic rings. The number of hydrogen-bond donors (Lipinski definition) is 1. The van der Waals surface area contributed by atoms with Gasteiger partial charge in [0.05, 0.1) is 12.7 Å². The molecule has 2 rings (SSSR count). The fraction of sp³-hybridized carbons (Fsp3) is 0.643. The molecule has 1 atom stereocenters. The molecule has 0 saturated carbocycles. The van der Waals surface area contributed by atoms with E-state index in [2.05, 4.69) is 29.4 Å². The van der Waals surface area contributed by atoms with E-state index in [0.717, 1.165) is 26.1 Å². The predicted octanol–water partition coefficient (Wildman–Crippen LogP) is 2.48. The van der Waals surface area contributed by atoms with Crippen molar-refractivity contribution in [3.05, 3.63) is 29.6 Å². The van der Waals surface area contributed by atoms with Gasteiger partial charge in [0.1, 0.15) is 0 Å². The van der Waals surface area contributed by atoms with Crippen LogP contribution in [0.25, 0.3) is 0 Å². The second kappa shape index (κ2) is 6.72. The maximum atomic E-state index is 5.75. The highest BCUT2D eigenvalue weighted by Gasteiger charge is 2.15. The Hall–Kier alpha value is -0.930. The fourth-order valence-corrected chi connectivity index (χ4v) is 2.17. The van der Waals surface area contributed by atoms with Crippen molar-refractivity contribution in [2.75, 3.05) is 19.7 Å². The number of ether oxygens (including phenoxy) is 1. The summed E-state index contributed by atoms with van der Waals surface area (Å²) in [6.45, 7) is 4.91. The van der Waals surface area contributed by atoms with Gasteiger partial charge in [0.25, 0.3) is 0 Å². The van der Waals surface area contributed by atoms with Crippen molar-refractivity contribution in [1.29, 1.82) is 0 Å². The maximum absolute atomic E-state index is 5.75. The molecule has 0 aliphatic carbocycles. The highest BCUT2D eigenvalue weighted by atomic mass is 16.5. The standard InChI is InChI=1S/C14H22N2O/c1-2-3-4-5-13-10-12(6-7-16-13)14-11-15-8-9-17-14/h6-7,10,14-15H,2-5,8-9,11H2,1H3. The van der Waals surface area contributed by atoms with Gasteiger partial charge in [0.2, 0.25) is 0 Å². The summed E-state index contributed by atoms with van der Waals surface area (Å²) in [6.07, 6.45) is 6.98. The summed E-state index contributed by atoms with van der Waals surface area (Å²) in [5, 5.41) is 3.36. The molecule has 0 amide bonds. The summed E-state index contributed by atoms with van der Waals surface area (Å²) in [5.41, 5.74) is 2.46. The van der Waals surface area contributed by atoms with Crippen molar-refractivity contribution in [3.63, 3.8) is 0 Å². The largest absolute Gasteiger partial charge is 0.371 e. The molecular formula is C14H22N2O. The maximum Gasteiger partial charge on any atom is 0.0951 e. The van der Waals surface area contributed by atoms with Gasteiger partial charge in [-0.15, -0.1) is 0 Å². The van der Waals surface area contributed by atoms with Crippen molar-refractivity contribution in [2.45, 2.75) is 38.7 Å². The van der Waals surface area contributed by atoms with Crippen LogP contribution < -0.4 is 5.32 Å².